The van der Waals surface area contributed by atoms with Gasteiger partial charge in [0, 0.05) is 51.3 Å². The zero-order valence-corrected chi connectivity index (χ0v) is 23.3. The van der Waals surface area contributed by atoms with Gasteiger partial charge in [-0.1, -0.05) is 42.5 Å². The van der Waals surface area contributed by atoms with Crippen molar-refractivity contribution in [1.29, 1.82) is 0 Å². The molecular formula is C30H35N9. The van der Waals surface area contributed by atoms with Crippen molar-refractivity contribution >= 4 is 46.1 Å². The molecule has 0 amide bonds. The van der Waals surface area contributed by atoms with Crippen LogP contribution in [-0.2, 0) is 0 Å². The molecule has 0 aliphatic rings. The summed E-state index contributed by atoms with van der Waals surface area (Å²) >= 11 is 0. The molecule has 3 N–H and O–H groups in total. The van der Waals surface area contributed by atoms with Gasteiger partial charge >= 0.3 is 0 Å². The zero-order chi connectivity index (χ0) is 27.8. The number of nitrogens with zero attached hydrogens (tertiary/aromatic N) is 6. The van der Waals surface area contributed by atoms with Crippen LogP contribution in [0.2, 0.25) is 0 Å². The van der Waals surface area contributed by atoms with Gasteiger partial charge in [-0.25, -0.2) is 5.43 Å². The fourth-order valence-corrected chi connectivity index (χ4v) is 3.71. The van der Waals surface area contributed by atoms with E-state index in [4.69, 9.17) is 0 Å². The van der Waals surface area contributed by atoms with Gasteiger partial charge in [0.2, 0.25) is 5.95 Å². The van der Waals surface area contributed by atoms with Gasteiger partial charge in [-0.3, -0.25) is 5.43 Å². The molecule has 0 bridgehead atoms. The van der Waals surface area contributed by atoms with Crippen molar-refractivity contribution in [2.75, 3.05) is 54.2 Å². The molecule has 39 heavy (non-hydrogen) atoms. The van der Waals surface area contributed by atoms with E-state index in [0.717, 1.165) is 39.6 Å². The number of rotatable bonds is 10. The van der Waals surface area contributed by atoms with Crippen LogP contribution in [0.15, 0.2) is 95.1 Å². The van der Waals surface area contributed by atoms with E-state index in [-0.39, 0.29) is 0 Å². The van der Waals surface area contributed by atoms with Gasteiger partial charge < -0.3 is 15.1 Å². The minimum atomic E-state index is 0.337. The SMILES string of the molecule is CC(=NNc1cc(Nc2ccccc2)nc(NN=C(C)c2cccc(N(C)C)c2)n1)c1cccc(N(C)C)c1. The zero-order valence-electron chi connectivity index (χ0n) is 23.3. The molecule has 0 aliphatic heterocycles. The first-order valence-electron chi connectivity index (χ1n) is 12.7. The van der Waals surface area contributed by atoms with Crippen molar-refractivity contribution in [1.82, 2.24) is 9.97 Å². The second kappa shape index (κ2) is 12.6. The van der Waals surface area contributed by atoms with E-state index in [1.807, 2.05) is 103 Å². The van der Waals surface area contributed by atoms with Crippen LogP contribution < -0.4 is 26.0 Å². The number of aromatic nitrogens is 2. The minimum Gasteiger partial charge on any atom is -0.378 e. The molecule has 1 aromatic heterocycles. The van der Waals surface area contributed by atoms with Crippen molar-refractivity contribution in [2.24, 2.45) is 10.2 Å². The van der Waals surface area contributed by atoms with Crippen LogP contribution in [0.1, 0.15) is 25.0 Å². The molecule has 0 unspecified atom stereocenters. The molecule has 0 saturated carbocycles. The topological polar surface area (TPSA) is 93.1 Å². The summed E-state index contributed by atoms with van der Waals surface area (Å²) in [5, 5.41) is 12.5. The van der Waals surface area contributed by atoms with Gasteiger partial charge in [0.05, 0.1) is 11.4 Å². The van der Waals surface area contributed by atoms with E-state index in [9.17, 15) is 0 Å². The quantitative estimate of drug-likeness (QED) is 0.173. The first-order chi connectivity index (χ1) is 18.8. The number of para-hydroxylation sites is 1. The van der Waals surface area contributed by atoms with Crippen LogP contribution in [0.5, 0.6) is 0 Å². The lowest BCUT2D eigenvalue weighted by atomic mass is 10.1. The third-order valence-electron chi connectivity index (χ3n) is 5.99. The molecular weight excluding hydrogens is 486 g/mol. The second-order valence-electron chi connectivity index (χ2n) is 9.46. The van der Waals surface area contributed by atoms with E-state index in [2.05, 4.69) is 70.4 Å². The lowest BCUT2D eigenvalue weighted by Crippen LogP contribution is -2.10. The molecule has 200 valence electrons. The average molecular weight is 522 g/mol. The summed E-state index contributed by atoms with van der Waals surface area (Å²) in [6.07, 6.45) is 0. The summed E-state index contributed by atoms with van der Waals surface area (Å²) < 4.78 is 0. The Kier molecular flexibility index (Phi) is 8.73. The largest absolute Gasteiger partial charge is 0.378 e. The number of hydrazone groups is 2. The van der Waals surface area contributed by atoms with Crippen LogP contribution in [0.4, 0.5) is 34.6 Å². The molecule has 0 aliphatic carbocycles. The Morgan fingerprint density at radius 1 is 0.615 bits per heavy atom. The van der Waals surface area contributed by atoms with E-state index in [1.54, 1.807) is 0 Å². The fraction of sp³-hybridized carbons (Fsp3) is 0.200. The summed E-state index contributed by atoms with van der Waals surface area (Å²) in [4.78, 5) is 13.3. The smallest absolute Gasteiger partial charge is 0.247 e. The Hall–Kier alpha value is -4.92. The summed E-state index contributed by atoms with van der Waals surface area (Å²) in [5.74, 6) is 1.46. The molecule has 0 atom stereocenters. The van der Waals surface area contributed by atoms with E-state index in [1.165, 1.54) is 0 Å². The van der Waals surface area contributed by atoms with Gasteiger partial charge in [0.25, 0.3) is 0 Å². The molecule has 4 rings (SSSR count). The van der Waals surface area contributed by atoms with E-state index < -0.39 is 0 Å². The number of hydrogen-bond acceptors (Lipinski definition) is 9. The molecule has 0 fully saturated rings. The Morgan fingerprint density at radius 3 is 1.72 bits per heavy atom. The number of nitrogens with one attached hydrogen (secondary N) is 3. The fourth-order valence-electron chi connectivity index (χ4n) is 3.71. The highest BCUT2D eigenvalue weighted by atomic mass is 15.4. The Bertz CT molecular complexity index is 1370. The first kappa shape index (κ1) is 27.1. The van der Waals surface area contributed by atoms with Crippen molar-refractivity contribution in [3.8, 4) is 0 Å². The predicted molar refractivity (Wildman–Crippen MR) is 165 cm³/mol. The van der Waals surface area contributed by atoms with Crippen molar-refractivity contribution < 1.29 is 0 Å². The average Bonchev–Trinajstić information content (AvgIpc) is 2.95. The Balaban J connectivity index is 1.60. The highest BCUT2D eigenvalue weighted by molar-refractivity contribution is 6.00. The molecule has 3 aromatic carbocycles. The van der Waals surface area contributed by atoms with Gasteiger partial charge in [0.1, 0.15) is 5.82 Å². The summed E-state index contributed by atoms with van der Waals surface area (Å²) in [5.41, 5.74) is 12.9. The molecule has 0 spiro atoms. The first-order valence-corrected chi connectivity index (χ1v) is 12.7. The Morgan fingerprint density at radius 2 is 1.15 bits per heavy atom. The molecule has 9 nitrogen and oxygen atoms in total. The maximum Gasteiger partial charge on any atom is 0.247 e. The normalized spacial score (nSPS) is 11.6. The molecule has 1 heterocycles. The van der Waals surface area contributed by atoms with Crippen LogP contribution >= 0.6 is 0 Å². The van der Waals surface area contributed by atoms with Crippen LogP contribution in [0, 0.1) is 0 Å². The number of benzene rings is 3. The molecule has 4 aromatic rings. The van der Waals surface area contributed by atoms with Crippen molar-refractivity contribution in [3.05, 3.63) is 96.1 Å². The third kappa shape index (κ3) is 7.54. The summed E-state index contributed by atoms with van der Waals surface area (Å²) in [6, 6.07) is 28.1. The molecule has 9 heteroatoms. The number of hydrogen-bond donors (Lipinski definition) is 3. The van der Waals surface area contributed by atoms with E-state index in [0.29, 0.717) is 17.6 Å². The summed E-state index contributed by atoms with van der Waals surface area (Å²) in [7, 11) is 8.06. The highest BCUT2D eigenvalue weighted by Crippen LogP contribution is 2.20. The van der Waals surface area contributed by atoms with E-state index >= 15 is 0 Å². The van der Waals surface area contributed by atoms with Crippen molar-refractivity contribution in [2.45, 2.75) is 13.8 Å². The van der Waals surface area contributed by atoms with Crippen LogP contribution in [0.25, 0.3) is 0 Å². The predicted octanol–water partition coefficient (Wildman–Crippen LogP) is 6.02. The Labute approximate surface area is 230 Å². The molecule has 0 radical (unpaired) electrons. The standard InChI is InChI=1S/C30H35N9/c1-21(23-12-10-16-26(18-23)38(3)4)34-36-29-20-28(31-25-14-8-7-9-15-25)32-30(33-29)37-35-22(2)24-13-11-17-27(19-24)39(5)6/h7-20H,1-6H3,(H3,31,32,33,36,37). The molecule has 0 saturated heterocycles. The minimum absolute atomic E-state index is 0.337. The maximum absolute atomic E-state index is 4.61. The second-order valence-corrected chi connectivity index (χ2v) is 9.46. The van der Waals surface area contributed by atoms with Crippen LogP contribution in [0.3, 0.4) is 0 Å². The lowest BCUT2D eigenvalue weighted by Gasteiger charge is -2.14. The van der Waals surface area contributed by atoms with Gasteiger partial charge in [0.15, 0.2) is 5.82 Å². The highest BCUT2D eigenvalue weighted by Gasteiger charge is 2.07. The van der Waals surface area contributed by atoms with Crippen LogP contribution in [-0.4, -0.2) is 49.6 Å². The lowest BCUT2D eigenvalue weighted by molar-refractivity contribution is 1.10. The monoisotopic (exact) mass is 521 g/mol. The van der Waals surface area contributed by atoms with Gasteiger partial charge in [-0.2, -0.15) is 20.2 Å². The third-order valence-corrected chi connectivity index (χ3v) is 5.99. The summed E-state index contributed by atoms with van der Waals surface area (Å²) in [6.45, 7) is 3.91. The van der Waals surface area contributed by atoms with Gasteiger partial charge in [-0.05, 0) is 61.4 Å². The van der Waals surface area contributed by atoms with Crippen molar-refractivity contribution in [3.63, 3.8) is 0 Å². The number of anilines is 6. The maximum atomic E-state index is 4.61. The van der Waals surface area contributed by atoms with Gasteiger partial charge in [-0.15, -0.1) is 0 Å².